The molecule has 0 bridgehead atoms. The van der Waals surface area contributed by atoms with Crippen molar-refractivity contribution in [2.75, 3.05) is 7.05 Å². The van der Waals surface area contributed by atoms with Gasteiger partial charge in [-0.2, -0.15) is 0 Å². The molecule has 1 aliphatic carbocycles. The summed E-state index contributed by atoms with van der Waals surface area (Å²) in [4.78, 5) is 13.5. The van der Waals surface area contributed by atoms with Crippen molar-refractivity contribution in [2.45, 2.75) is 57.6 Å². The molecule has 0 aromatic rings. The summed E-state index contributed by atoms with van der Waals surface area (Å²) in [6, 6.07) is 0.455. The second kappa shape index (κ2) is 5.35. The fraction of sp³-hybridized carbons (Fsp3) is 0.909. The number of aliphatic hydroxyl groups is 1. The van der Waals surface area contributed by atoms with E-state index in [9.17, 15) is 4.79 Å². The van der Waals surface area contributed by atoms with E-state index in [4.69, 9.17) is 5.11 Å². The van der Waals surface area contributed by atoms with Crippen molar-refractivity contribution in [1.29, 1.82) is 0 Å². The topological polar surface area (TPSA) is 40.5 Å². The maximum absolute atomic E-state index is 11.6. The maximum atomic E-state index is 11.6. The molecule has 82 valence electrons. The zero-order valence-electron chi connectivity index (χ0n) is 9.20. The van der Waals surface area contributed by atoms with E-state index in [1.54, 1.807) is 6.92 Å². The lowest BCUT2D eigenvalue weighted by atomic mass is 10.1. The number of carbonyl (C=O) groups excluding carboxylic acids is 1. The minimum Gasteiger partial charge on any atom is -0.393 e. The van der Waals surface area contributed by atoms with Crippen LogP contribution >= 0.6 is 0 Å². The van der Waals surface area contributed by atoms with Crippen LogP contribution in [0.4, 0.5) is 0 Å². The van der Waals surface area contributed by atoms with Crippen molar-refractivity contribution in [3.8, 4) is 0 Å². The van der Waals surface area contributed by atoms with Crippen molar-refractivity contribution in [2.24, 2.45) is 0 Å². The SMILES string of the molecule is CC(O)CCC(=O)N(C)C1CCCC1. The smallest absolute Gasteiger partial charge is 0.222 e. The molecule has 1 atom stereocenters. The fourth-order valence-corrected chi connectivity index (χ4v) is 2.00. The van der Waals surface area contributed by atoms with Gasteiger partial charge in [0, 0.05) is 19.5 Å². The van der Waals surface area contributed by atoms with E-state index in [1.165, 1.54) is 12.8 Å². The van der Waals surface area contributed by atoms with E-state index in [-0.39, 0.29) is 12.0 Å². The van der Waals surface area contributed by atoms with E-state index < -0.39 is 0 Å². The van der Waals surface area contributed by atoms with Gasteiger partial charge < -0.3 is 10.0 Å². The summed E-state index contributed by atoms with van der Waals surface area (Å²) in [5.74, 6) is 0.179. The third-order valence-electron chi connectivity index (χ3n) is 3.04. The summed E-state index contributed by atoms with van der Waals surface area (Å²) >= 11 is 0. The monoisotopic (exact) mass is 199 g/mol. The fourth-order valence-electron chi connectivity index (χ4n) is 2.00. The number of carbonyl (C=O) groups is 1. The highest BCUT2D eigenvalue weighted by Gasteiger charge is 2.22. The molecule has 0 spiro atoms. The van der Waals surface area contributed by atoms with E-state index in [0.29, 0.717) is 18.9 Å². The summed E-state index contributed by atoms with van der Waals surface area (Å²) in [7, 11) is 1.89. The van der Waals surface area contributed by atoms with Gasteiger partial charge in [-0.15, -0.1) is 0 Å². The first-order valence-corrected chi connectivity index (χ1v) is 5.55. The number of hydrogen-bond acceptors (Lipinski definition) is 2. The van der Waals surface area contributed by atoms with Crippen LogP contribution in [0.2, 0.25) is 0 Å². The molecule has 0 aromatic heterocycles. The van der Waals surface area contributed by atoms with Gasteiger partial charge in [-0.3, -0.25) is 4.79 Å². The van der Waals surface area contributed by atoms with Crippen LogP contribution in [0.25, 0.3) is 0 Å². The van der Waals surface area contributed by atoms with Gasteiger partial charge in [0.2, 0.25) is 5.91 Å². The first kappa shape index (κ1) is 11.5. The Bertz CT molecular complexity index is 186. The van der Waals surface area contributed by atoms with Gasteiger partial charge in [0.1, 0.15) is 0 Å². The zero-order valence-corrected chi connectivity index (χ0v) is 9.20. The predicted molar refractivity (Wildman–Crippen MR) is 55.9 cm³/mol. The largest absolute Gasteiger partial charge is 0.393 e. The molecule has 3 nitrogen and oxygen atoms in total. The first-order chi connectivity index (χ1) is 6.61. The van der Waals surface area contributed by atoms with Crippen LogP contribution in [-0.2, 0) is 4.79 Å². The Morgan fingerprint density at radius 2 is 2.07 bits per heavy atom. The predicted octanol–water partition coefficient (Wildman–Crippen LogP) is 1.55. The minimum atomic E-state index is -0.365. The molecule has 0 aromatic carbocycles. The van der Waals surface area contributed by atoms with Crippen LogP contribution < -0.4 is 0 Å². The Hall–Kier alpha value is -0.570. The molecule has 1 aliphatic rings. The third kappa shape index (κ3) is 3.29. The van der Waals surface area contributed by atoms with Crippen molar-refractivity contribution in [1.82, 2.24) is 4.90 Å². The normalized spacial score (nSPS) is 19.6. The van der Waals surface area contributed by atoms with E-state index in [0.717, 1.165) is 12.8 Å². The van der Waals surface area contributed by atoms with Crippen LogP contribution in [0.15, 0.2) is 0 Å². The minimum absolute atomic E-state index is 0.179. The number of rotatable bonds is 4. The van der Waals surface area contributed by atoms with Crippen LogP contribution in [0.1, 0.15) is 45.4 Å². The van der Waals surface area contributed by atoms with Crippen molar-refractivity contribution in [3.63, 3.8) is 0 Å². The lowest BCUT2D eigenvalue weighted by molar-refractivity contribution is -0.132. The molecule has 1 amide bonds. The molecule has 1 N–H and O–H groups in total. The average Bonchev–Trinajstić information content (AvgIpc) is 2.65. The molecule has 0 aliphatic heterocycles. The Morgan fingerprint density at radius 3 is 2.57 bits per heavy atom. The quantitative estimate of drug-likeness (QED) is 0.746. The number of hydrogen-bond donors (Lipinski definition) is 1. The summed E-state index contributed by atoms with van der Waals surface area (Å²) in [6.07, 6.45) is 5.49. The summed E-state index contributed by atoms with van der Waals surface area (Å²) in [6.45, 7) is 1.73. The zero-order chi connectivity index (χ0) is 10.6. The highest BCUT2D eigenvalue weighted by atomic mass is 16.3. The standard InChI is InChI=1S/C11H21NO2/c1-9(13)7-8-11(14)12(2)10-5-3-4-6-10/h9-10,13H,3-8H2,1-2H3. The molecule has 1 fully saturated rings. The molecule has 1 rings (SSSR count). The summed E-state index contributed by atoms with van der Waals surface area (Å²) < 4.78 is 0. The third-order valence-corrected chi connectivity index (χ3v) is 3.04. The summed E-state index contributed by atoms with van der Waals surface area (Å²) in [5, 5.41) is 9.08. The lowest BCUT2D eigenvalue weighted by Crippen LogP contribution is -2.35. The van der Waals surface area contributed by atoms with Gasteiger partial charge in [-0.25, -0.2) is 0 Å². The Kier molecular flexibility index (Phi) is 4.39. The molecular formula is C11H21NO2. The molecular weight excluding hydrogens is 178 g/mol. The Balaban J connectivity index is 2.28. The highest BCUT2D eigenvalue weighted by Crippen LogP contribution is 2.22. The molecule has 0 heterocycles. The lowest BCUT2D eigenvalue weighted by Gasteiger charge is -2.24. The second-order valence-electron chi connectivity index (χ2n) is 4.33. The summed E-state index contributed by atoms with van der Waals surface area (Å²) in [5.41, 5.74) is 0. The number of nitrogens with zero attached hydrogens (tertiary/aromatic N) is 1. The van der Waals surface area contributed by atoms with E-state index in [1.807, 2.05) is 11.9 Å². The number of aliphatic hydroxyl groups excluding tert-OH is 1. The van der Waals surface area contributed by atoms with Gasteiger partial charge in [0.25, 0.3) is 0 Å². The Labute approximate surface area is 86.1 Å². The maximum Gasteiger partial charge on any atom is 0.222 e. The molecule has 0 radical (unpaired) electrons. The van der Waals surface area contributed by atoms with Crippen molar-refractivity contribution >= 4 is 5.91 Å². The van der Waals surface area contributed by atoms with Gasteiger partial charge in [-0.05, 0) is 26.2 Å². The van der Waals surface area contributed by atoms with E-state index >= 15 is 0 Å². The molecule has 14 heavy (non-hydrogen) atoms. The molecule has 1 saturated carbocycles. The van der Waals surface area contributed by atoms with Crippen LogP contribution in [0.5, 0.6) is 0 Å². The van der Waals surface area contributed by atoms with Crippen LogP contribution in [0.3, 0.4) is 0 Å². The number of amides is 1. The Morgan fingerprint density at radius 1 is 1.50 bits per heavy atom. The highest BCUT2D eigenvalue weighted by molar-refractivity contribution is 5.76. The van der Waals surface area contributed by atoms with Gasteiger partial charge in [0.05, 0.1) is 6.10 Å². The van der Waals surface area contributed by atoms with Gasteiger partial charge in [-0.1, -0.05) is 12.8 Å². The molecule has 3 heteroatoms. The average molecular weight is 199 g/mol. The van der Waals surface area contributed by atoms with Crippen LogP contribution in [0, 0.1) is 0 Å². The van der Waals surface area contributed by atoms with Gasteiger partial charge in [0.15, 0.2) is 0 Å². The van der Waals surface area contributed by atoms with Gasteiger partial charge >= 0.3 is 0 Å². The molecule has 1 unspecified atom stereocenters. The first-order valence-electron chi connectivity index (χ1n) is 5.55. The van der Waals surface area contributed by atoms with Crippen molar-refractivity contribution < 1.29 is 9.90 Å². The molecule has 0 saturated heterocycles. The van der Waals surface area contributed by atoms with Crippen LogP contribution in [-0.4, -0.2) is 35.1 Å². The second-order valence-corrected chi connectivity index (χ2v) is 4.33. The van der Waals surface area contributed by atoms with E-state index in [2.05, 4.69) is 0 Å². The van der Waals surface area contributed by atoms with Crippen molar-refractivity contribution in [3.05, 3.63) is 0 Å².